The van der Waals surface area contributed by atoms with E-state index in [9.17, 15) is 9.59 Å². The van der Waals surface area contributed by atoms with Crippen LogP contribution in [-0.4, -0.2) is 82.0 Å². The van der Waals surface area contributed by atoms with E-state index < -0.39 is 5.54 Å². The van der Waals surface area contributed by atoms with Gasteiger partial charge >= 0.3 is 6.03 Å². The van der Waals surface area contributed by atoms with Crippen molar-refractivity contribution in [2.75, 3.05) is 64.5 Å². The van der Waals surface area contributed by atoms with Crippen molar-refractivity contribution in [1.82, 2.24) is 10.2 Å². The van der Waals surface area contributed by atoms with E-state index in [1.54, 1.807) is 0 Å². The quantitative estimate of drug-likeness (QED) is 0.515. The number of rotatable bonds is 5. The number of benzene rings is 1. The third-order valence-electron chi connectivity index (χ3n) is 6.56. The van der Waals surface area contributed by atoms with Crippen LogP contribution in [0.5, 0.6) is 5.75 Å². The Kier molecular flexibility index (Phi) is 5.65. The number of hydrogen-bond donors (Lipinski definition) is 3. The van der Waals surface area contributed by atoms with Crippen molar-refractivity contribution in [2.45, 2.75) is 25.3 Å². The number of carbonyl (C=O) groups is 2. The van der Waals surface area contributed by atoms with Crippen LogP contribution in [-0.2, 0) is 4.79 Å². The first-order valence-electron chi connectivity index (χ1n) is 10.8. The molecule has 3 amide bonds. The number of nitrogens with zero attached hydrogens (tertiary/aromatic N) is 2. The molecule has 4 rings (SSSR count). The fourth-order valence-corrected chi connectivity index (χ4v) is 4.70. The summed E-state index contributed by atoms with van der Waals surface area (Å²) < 4.78 is 5.77. The molecule has 158 valence electrons. The van der Waals surface area contributed by atoms with Crippen LogP contribution in [0, 0.1) is 0 Å². The highest BCUT2D eigenvalue weighted by atomic mass is 16.5. The Morgan fingerprint density at radius 3 is 2.48 bits per heavy atom. The van der Waals surface area contributed by atoms with E-state index in [0.29, 0.717) is 13.3 Å². The average Bonchev–Trinajstić information content (AvgIpc) is 2.96. The third kappa shape index (κ3) is 3.91. The molecule has 29 heavy (non-hydrogen) atoms. The Hall–Kier alpha value is -2.32. The van der Waals surface area contributed by atoms with Crippen LogP contribution in [0.2, 0.25) is 0 Å². The number of nitrogens with one attached hydrogen (secondary N) is 3. The van der Waals surface area contributed by atoms with Crippen LogP contribution in [0.1, 0.15) is 19.8 Å². The summed E-state index contributed by atoms with van der Waals surface area (Å²) in [6, 6.07) is 7.92. The minimum absolute atomic E-state index is 0.0216. The molecule has 8 heteroatoms. The Balaban J connectivity index is 1.35. The largest absolute Gasteiger partial charge is 0.492 e. The number of quaternary nitrogens is 2. The maximum Gasteiger partial charge on any atom is 0.329 e. The second-order valence-corrected chi connectivity index (χ2v) is 8.50. The van der Waals surface area contributed by atoms with Gasteiger partial charge in [-0.1, -0.05) is 12.1 Å². The Bertz CT molecular complexity index is 754. The zero-order chi connectivity index (χ0) is 20.4. The topological polar surface area (TPSA) is 70.8 Å². The minimum Gasteiger partial charge on any atom is -0.492 e. The highest BCUT2D eigenvalue weighted by Crippen LogP contribution is 2.28. The van der Waals surface area contributed by atoms with Crippen molar-refractivity contribution in [2.24, 2.45) is 0 Å². The van der Waals surface area contributed by atoms with Gasteiger partial charge in [0.15, 0.2) is 6.67 Å². The lowest BCUT2D eigenvalue weighted by Crippen LogP contribution is -3.16. The number of imide groups is 1. The summed E-state index contributed by atoms with van der Waals surface area (Å²) in [5.41, 5.74) is 0.463. The van der Waals surface area contributed by atoms with E-state index in [4.69, 9.17) is 4.74 Å². The summed E-state index contributed by atoms with van der Waals surface area (Å²) in [7, 11) is 2.14. The maximum atomic E-state index is 13.1. The molecule has 0 radical (unpaired) electrons. The summed E-state index contributed by atoms with van der Waals surface area (Å²) >= 11 is 0. The lowest BCUT2D eigenvalue weighted by Gasteiger charge is -2.36. The van der Waals surface area contributed by atoms with Gasteiger partial charge in [-0.25, -0.2) is 9.69 Å². The van der Waals surface area contributed by atoms with Gasteiger partial charge in [0.2, 0.25) is 0 Å². The third-order valence-corrected chi connectivity index (χ3v) is 6.56. The number of ether oxygens (including phenoxy) is 1. The van der Waals surface area contributed by atoms with E-state index >= 15 is 0 Å². The van der Waals surface area contributed by atoms with E-state index in [-0.39, 0.29) is 11.9 Å². The molecule has 3 fully saturated rings. The molecule has 3 N–H and O–H groups in total. The van der Waals surface area contributed by atoms with Crippen LogP contribution in [0.15, 0.2) is 24.3 Å². The molecular weight excluding hydrogens is 370 g/mol. The standard InChI is InChI=1S/C21H31N5O3/c1-3-29-18-7-5-4-6-17(18)25-14-12-24(13-15-25)16-26-19(27)21(22-20(26)28)8-10-23(2)11-9-21/h4-7H,3,8-16H2,1-2H3,(H,22,28)/p+2. The normalized spacial score (nSPS) is 28.1. The summed E-state index contributed by atoms with van der Waals surface area (Å²) in [5.74, 6) is 0.894. The van der Waals surface area contributed by atoms with Crippen molar-refractivity contribution in [3.63, 3.8) is 0 Å². The molecule has 1 aromatic rings. The molecule has 0 saturated carbocycles. The summed E-state index contributed by atoms with van der Waals surface area (Å²) in [4.78, 5) is 32.1. The zero-order valence-corrected chi connectivity index (χ0v) is 17.5. The molecule has 3 saturated heterocycles. The molecule has 1 aromatic carbocycles. The smallest absolute Gasteiger partial charge is 0.329 e. The number of piperidine rings is 1. The van der Waals surface area contributed by atoms with Crippen molar-refractivity contribution in [3.8, 4) is 5.75 Å². The van der Waals surface area contributed by atoms with Gasteiger partial charge in [-0.05, 0) is 19.1 Å². The molecule has 0 unspecified atom stereocenters. The van der Waals surface area contributed by atoms with Crippen molar-refractivity contribution >= 4 is 17.6 Å². The minimum atomic E-state index is -0.658. The van der Waals surface area contributed by atoms with E-state index in [0.717, 1.165) is 63.5 Å². The Labute approximate surface area is 172 Å². The fraction of sp³-hybridized carbons (Fsp3) is 0.619. The number of anilines is 1. The highest BCUT2D eigenvalue weighted by molar-refractivity contribution is 6.06. The second-order valence-electron chi connectivity index (χ2n) is 8.50. The molecule has 0 bridgehead atoms. The summed E-state index contributed by atoms with van der Waals surface area (Å²) in [6.07, 6.45) is 1.47. The molecule has 3 aliphatic rings. The van der Waals surface area contributed by atoms with Crippen molar-refractivity contribution in [3.05, 3.63) is 24.3 Å². The number of piperazine rings is 1. The second kappa shape index (κ2) is 8.20. The first-order valence-corrected chi connectivity index (χ1v) is 10.8. The van der Waals surface area contributed by atoms with Gasteiger partial charge in [-0.2, -0.15) is 0 Å². The van der Waals surface area contributed by atoms with Gasteiger partial charge in [0.25, 0.3) is 5.91 Å². The van der Waals surface area contributed by atoms with Gasteiger partial charge in [0.05, 0.1) is 58.6 Å². The fourth-order valence-electron chi connectivity index (χ4n) is 4.70. The maximum absolute atomic E-state index is 13.1. The molecular formula is C21H33N5O3+2. The molecule has 0 aromatic heterocycles. The predicted molar refractivity (Wildman–Crippen MR) is 109 cm³/mol. The lowest BCUT2D eigenvalue weighted by atomic mass is 9.88. The van der Waals surface area contributed by atoms with Crippen molar-refractivity contribution < 1.29 is 24.1 Å². The number of likely N-dealkylation sites (tertiary alicyclic amines) is 1. The highest BCUT2D eigenvalue weighted by Gasteiger charge is 2.54. The molecule has 1 spiro atoms. The monoisotopic (exact) mass is 403 g/mol. The summed E-state index contributed by atoms with van der Waals surface area (Å²) in [5, 5.41) is 3.02. The Morgan fingerprint density at radius 2 is 1.79 bits per heavy atom. The SMILES string of the molecule is CCOc1ccccc1N1CC[NH+](CN2C(=O)NC3(CC[NH+](C)CC3)C2=O)CC1. The number of carbonyl (C=O) groups excluding carboxylic acids is 2. The van der Waals surface area contributed by atoms with Crippen LogP contribution in [0.4, 0.5) is 10.5 Å². The Morgan fingerprint density at radius 1 is 1.10 bits per heavy atom. The van der Waals surface area contributed by atoms with E-state index in [1.807, 2.05) is 25.1 Å². The molecule has 3 aliphatic heterocycles. The van der Waals surface area contributed by atoms with E-state index in [1.165, 1.54) is 14.7 Å². The molecule has 8 nitrogen and oxygen atoms in total. The molecule has 3 heterocycles. The number of para-hydroxylation sites is 2. The van der Waals surface area contributed by atoms with Gasteiger partial charge in [0.1, 0.15) is 11.3 Å². The van der Waals surface area contributed by atoms with Crippen LogP contribution >= 0.6 is 0 Å². The number of amides is 3. The van der Waals surface area contributed by atoms with Crippen LogP contribution < -0.4 is 24.8 Å². The predicted octanol–water partition coefficient (Wildman–Crippen LogP) is -1.65. The zero-order valence-electron chi connectivity index (χ0n) is 17.5. The summed E-state index contributed by atoms with van der Waals surface area (Å²) in [6.45, 7) is 8.47. The first-order chi connectivity index (χ1) is 14.0. The van der Waals surface area contributed by atoms with Gasteiger partial charge < -0.3 is 24.8 Å². The van der Waals surface area contributed by atoms with E-state index in [2.05, 4.69) is 23.3 Å². The van der Waals surface area contributed by atoms with Crippen molar-refractivity contribution in [1.29, 1.82) is 0 Å². The van der Waals surface area contributed by atoms with Gasteiger partial charge in [-0.3, -0.25) is 4.79 Å². The lowest BCUT2D eigenvalue weighted by molar-refractivity contribution is -0.907. The van der Waals surface area contributed by atoms with Crippen LogP contribution in [0.3, 0.4) is 0 Å². The number of hydrogen-bond acceptors (Lipinski definition) is 4. The van der Waals surface area contributed by atoms with Gasteiger partial charge in [-0.15, -0.1) is 0 Å². The average molecular weight is 404 g/mol. The molecule has 0 aliphatic carbocycles. The van der Waals surface area contributed by atoms with Gasteiger partial charge in [0, 0.05) is 12.8 Å². The molecule has 0 atom stereocenters. The van der Waals surface area contributed by atoms with Crippen LogP contribution in [0.25, 0.3) is 0 Å². The first kappa shape index (κ1) is 20.0. The number of urea groups is 1.